The molecular formula is C11H12N2. The summed E-state index contributed by atoms with van der Waals surface area (Å²) >= 11 is 0. The number of benzene rings is 1. The minimum Gasteiger partial charge on any atom is -0.321 e. The summed E-state index contributed by atoms with van der Waals surface area (Å²) < 4.78 is 0. The van der Waals surface area contributed by atoms with Gasteiger partial charge in [-0.2, -0.15) is 5.26 Å². The molecule has 0 amide bonds. The molecule has 0 heterocycles. The summed E-state index contributed by atoms with van der Waals surface area (Å²) in [6.07, 6.45) is 1.66. The Morgan fingerprint density at radius 1 is 1.62 bits per heavy atom. The first-order valence-corrected chi connectivity index (χ1v) is 4.08. The number of rotatable bonds is 2. The van der Waals surface area contributed by atoms with Gasteiger partial charge in [-0.3, -0.25) is 0 Å². The number of hydrogen-bond acceptors (Lipinski definition) is 2. The van der Waals surface area contributed by atoms with Crippen LogP contribution < -0.4 is 5.73 Å². The number of hydrogen-bond donors (Lipinski definition) is 1. The van der Waals surface area contributed by atoms with Gasteiger partial charge >= 0.3 is 0 Å². The smallest absolute Gasteiger partial charge is 0.0994 e. The lowest BCUT2D eigenvalue weighted by atomic mass is 10.0. The van der Waals surface area contributed by atoms with Crippen LogP contribution in [0.4, 0.5) is 0 Å². The van der Waals surface area contributed by atoms with Crippen molar-refractivity contribution in [3.05, 3.63) is 47.5 Å². The Kier molecular flexibility index (Phi) is 2.84. The van der Waals surface area contributed by atoms with E-state index < -0.39 is 0 Å². The second-order valence-corrected chi connectivity index (χ2v) is 2.95. The van der Waals surface area contributed by atoms with Crippen LogP contribution in [0.2, 0.25) is 0 Å². The maximum absolute atomic E-state index is 8.78. The molecule has 2 N–H and O–H groups in total. The summed E-state index contributed by atoms with van der Waals surface area (Å²) in [5, 5.41) is 8.78. The molecule has 0 aliphatic heterocycles. The molecule has 0 radical (unpaired) electrons. The second-order valence-electron chi connectivity index (χ2n) is 2.95. The summed E-state index contributed by atoms with van der Waals surface area (Å²) in [6, 6.07) is 7.56. The van der Waals surface area contributed by atoms with Crippen molar-refractivity contribution in [1.82, 2.24) is 0 Å². The Morgan fingerprint density at radius 2 is 2.31 bits per heavy atom. The first-order valence-electron chi connectivity index (χ1n) is 4.08. The maximum Gasteiger partial charge on any atom is 0.0994 e. The Morgan fingerprint density at radius 3 is 2.85 bits per heavy atom. The zero-order valence-corrected chi connectivity index (χ0v) is 7.62. The zero-order valence-electron chi connectivity index (χ0n) is 7.62. The van der Waals surface area contributed by atoms with Crippen LogP contribution in [0.1, 0.15) is 22.7 Å². The van der Waals surface area contributed by atoms with E-state index in [0.717, 1.165) is 11.1 Å². The van der Waals surface area contributed by atoms with Gasteiger partial charge in [0.05, 0.1) is 11.6 Å². The van der Waals surface area contributed by atoms with Crippen molar-refractivity contribution in [1.29, 1.82) is 5.26 Å². The minimum absolute atomic E-state index is 0.187. The molecule has 0 bridgehead atoms. The van der Waals surface area contributed by atoms with E-state index in [2.05, 4.69) is 12.6 Å². The van der Waals surface area contributed by atoms with Crippen molar-refractivity contribution in [2.75, 3.05) is 0 Å². The molecule has 0 aliphatic carbocycles. The quantitative estimate of drug-likeness (QED) is 0.694. The predicted octanol–water partition coefficient (Wildman–Crippen LogP) is 2.05. The third-order valence-corrected chi connectivity index (χ3v) is 2.02. The van der Waals surface area contributed by atoms with Crippen LogP contribution in [0.15, 0.2) is 30.9 Å². The molecule has 0 saturated heterocycles. The third-order valence-electron chi connectivity index (χ3n) is 2.02. The monoisotopic (exact) mass is 172 g/mol. The van der Waals surface area contributed by atoms with Crippen molar-refractivity contribution >= 4 is 0 Å². The van der Waals surface area contributed by atoms with E-state index in [0.29, 0.717) is 5.56 Å². The van der Waals surface area contributed by atoms with Gasteiger partial charge in [-0.05, 0) is 24.1 Å². The summed E-state index contributed by atoms with van der Waals surface area (Å²) in [5.41, 5.74) is 8.32. The van der Waals surface area contributed by atoms with Crippen molar-refractivity contribution < 1.29 is 0 Å². The van der Waals surface area contributed by atoms with Crippen LogP contribution in [-0.2, 0) is 0 Å². The molecule has 0 saturated carbocycles. The van der Waals surface area contributed by atoms with Crippen molar-refractivity contribution in [3.8, 4) is 6.07 Å². The molecule has 13 heavy (non-hydrogen) atoms. The average Bonchev–Trinajstić information content (AvgIpc) is 2.17. The lowest BCUT2D eigenvalue weighted by Gasteiger charge is -2.07. The number of nitriles is 1. The largest absolute Gasteiger partial charge is 0.321 e. The molecule has 1 unspecified atom stereocenters. The summed E-state index contributed by atoms with van der Waals surface area (Å²) in [5.74, 6) is 0. The topological polar surface area (TPSA) is 49.8 Å². The van der Waals surface area contributed by atoms with Gasteiger partial charge in [0.1, 0.15) is 0 Å². The van der Waals surface area contributed by atoms with Crippen molar-refractivity contribution in [2.24, 2.45) is 5.73 Å². The van der Waals surface area contributed by atoms with Gasteiger partial charge in [-0.15, -0.1) is 6.58 Å². The minimum atomic E-state index is -0.187. The van der Waals surface area contributed by atoms with Crippen LogP contribution in [-0.4, -0.2) is 0 Å². The predicted molar refractivity (Wildman–Crippen MR) is 53.0 cm³/mol. The SMILES string of the molecule is C=CC(N)c1ccc(C)c(C#N)c1. The fourth-order valence-corrected chi connectivity index (χ4v) is 1.10. The number of aryl methyl sites for hydroxylation is 1. The highest BCUT2D eigenvalue weighted by molar-refractivity contribution is 5.41. The molecule has 1 aromatic rings. The molecule has 0 spiro atoms. The molecule has 66 valence electrons. The fourth-order valence-electron chi connectivity index (χ4n) is 1.10. The van der Waals surface area contributed by atoms with Crippen LogP contribution >= 0.6 is 0 Å². The molecule has 1 aromatic carbocycles. The molecule has 2 nitrogen and oxygen atoms in total. The average molecular weight is 172 g/mol. The molecule has 0 fully saturated rings. The third kappa shape index (κ3) is 1.95. The van der Waals surface area contributed by atoms with Crippen molar-refractivity contribution in [2.45, 2.75) is 13.0 Å². The zero-order chi connectivity index (χ0) is 9.84. The number of nitrogens with zero attached hydrogens (tertiary/aromatic N) is 1. The van der Waals surface area contributed by atoms with Gasteiger partial charge < -0.3 is 5.73 Å². The van der Waals surface area contributed by atoms with E-state index in [-0.39, 0.29) is 6.04 Å². The van der Waals surface area contributed by atoms with E-state index in [1.165, 1.54) is 0 Å². The highest BCUT2D eigenvalue weighted by atomic mass is 14.6. The molecule has 2 heteroatoms. The molecule has 1 rings (SSSR count). The van der Waals surface area contributed by atoms with Crippen molar-refractivity contribution in [3.63, 3.8) is 0 Å². The Labute approximate surface area is 78.3 Å². The first kappa shape index (κ1) is 9.50. The lowest BCUT2D eigenvalue weighted by Crippen LogP contribution is -2.06. The first-order chi connectivity index (χ1) is 6.19. The molecule has 0 aliphatic rings. The van der Waals surface area contributed by atoms with E-state index >= 15 is 0 Å². The van der Waals surface area contributed by atoms with E-state index in [1.54, 1.807) is 6.08 Å². The van der Waals surface area contributed by atoms with Gasteiger partial charge in [0.2, 0.25) is 0 Å². The number of nitrogens with two attached hydrogens (primary N) is 1. The summed E-state index contributed by atoms with van der Waals surface area (Å²) in [6.45, 7) is 5.51. The molecule has 1 atom stereocenters. The standard InChI is InChI=1S/C11H12N2/c1-3-11(13)9-5-4-8(2)10(6-9)7-12/h3-6,11H,1,13H2,2H3. The van der Waals surface area contributed by atoms with Crippen LogP contribution in [0.5, 0.6) is 0 Å². The maximum atomic E-state index is 8.78. The Hall–Kier alpha value is -1.59. The van der Waals surface area contributed by atoms with Crippen LogP contribution in [0.25, 0.3) is 0 Å². The van der Waals surface area contributed by atoms with Gasteiger partial charge in [0, 0.05) is 6.04 Å². The van der Waals surface area contributed by atoms with E-state index in [1.807, 2.05) is 25.1 Å². The van der Waals surface area contributed by atoms with Gasteiger partial charge in [0.25, 0.3) is 0 Å². The summed E-state index contributed by atoms with van der Waals surface area (Å²) in [4.78, 5) is 0. The second kappa shape index (κ2) is 3.88. The van der Waals surface area contributed by atoms with Gasteiger partial charge in [-0.25, -0.2) is 0 Å². The highest BCUT2D eigenvalue weighted by Gasteiger charge is 2.03. The lowest BCUT2D eigenvalue weighted by molar-refractivity contribution is 0.912. The van der Waals surface area contributed by atoms with E-state index in [9.17, 15) is 0 Å². The fraction of sp³-hybridized carbons (Fsp3) is 0.182. The Bertz CT molecular complexity index is 361. The Balaban J connectivity index is 3.15. The summed E-state index contributed by atoms with van der Waals surface area (Å²) in [7, 11) is 0. The van der Waals surface area contributed by atoms with Gasteiger partial charge in [-0.1, -0.05) is 18.2 Å². The highest BCUT2D eigenvalue weighted by Crippen LogP contribution is 2.15. The van der Waals surface area contributed by atoms with Crippen LogP contribution in [0.3, 0.4) is 0 Å². The van der Waals surface area contributed by atoms with Crippen LogP contribution in [0, 0.1) is 18.3 Å². The molecule has 0 aromatic heterocycles. The van der Waals surface area contributed by atoms with E-state index in [4.69, 9.17) is 11.0 Å². The van der Waals surface area contributed by atoms with Gasteiger partial charge in [0.15, 0.2) is 0 Å². The normalized spacial score (nSPS) is 11.8. The molecular weight excluding hydrogens is 160 g/mol.